The molecule has 7 heteroatoms. The number of nitrogens with zero attached hydrogens (tertiary/aromatic N) is 2. The molecule has 6 nitrogen and oxygen atoms in total. The third kappa shape index (κ3) is 3.57. The Labute approximate surface area is 132 Å². The maximum absolute atomic E-state index is 12.0. The number of nitrogens with one attached hydrogen (secondary N) is 1. The average Bonchev–Trinajstić information content (AvgIpc) is 2.44. The van der Waals surface area contributed by atoms with E-state index in [0.717, 1.165) is 13.1 Å². The maximum atomic E-state index is 12.0. The van der Waals surface area contributed by atoms with Crippen LogP contribution in [-0.4, -0.2) is 47.7 Å². The smallest absolute Gasteiger partial charge is 0.264 e. The van der Waals surface area contributed by atoms with Crippen molar-refractivity contribution < 1.29 is 9.47 Å². The number of H-pyrrole nitrogens is 1. The second-order valence-electron chi connectivity index (χ2n) is 5.09. The molecule has 0 radical (unpaired) electrons. The number of aromatic amines is 1. The minimum atomic E-state index is -0.188. The van der Waals surface area contributed by atoms with Gasteiger partial charge in [-0.2, -0.15) is 0 Å². The molecule has 112 valence electrons. The van der Waals surface area contributed by atoms with Crippen LogP contribution in [-0.2, 0) is 16.1 Å². The predicted molar refractivity (Wildman–Crippen MR) is 83.7 cm³/mol. The SMILES string of the molecule is COCc1nc(C2CN(C(C)C)CCO2)[nH]c(=O)c1I. The average molecular weight is 393 g/mol. The number of methoxy groups -OCH3 is 1. The summed E-state index contributed by atoms with van der Waals surface area (Å²) in [5.41, 5.74) is 0.532. The Morgan fingerprint density at radius 2 is 2.35 bits per heavy atom. The second-order valence-corrected chi connectivity index (χ2v) is 6.17. The predicted octanol–water partition coefficient (Wildman–Crippen LogP) is 1.30. The van der Waals surface area contributed by atoms with Crippen molar-refractivity contribution in [3.05, 3.63) is 25.4 Å². The van der Waals surface area contributed by atoms with Crippen LogP contribution in [0.2, 0.25) is 0 Å². The number of morpholine rings is 1. The van der Waals surface area contributed by atoms with Gasteiger partial charge in [0.1, 0.15) is 15.5 Å². The van der Waals surface area contributed by atoms with E-state index in [1.807, 2.05) is 22.6 Å². The molecule has 1 saturated heterocycles. The Hall–Kier alpha value is -0.510. The Balaban J connectivity index is 2.26. The molecule has 20 heavy (non-hydrogen) atoms. The fourth-order valence-electron chi connectivity index (χ4n) is 2.21. The van der Waals surface area contributed by atoms with Crippen molar-refractivity contribution in [1.29, 1.82) is 0 Å². The first-order valence-corrected chi connectivity index (χ1v) is 7.74. The van der Waals surface area contributed by atoms with Gasteiger partial charge in [-0.1, -0.05) is 0 Å². The zero-order valence-electron chi connectivity index (χ0n) is 12.0. The van der Waals surface area contributed by atoms with Crippen LogP contribution in [0.15, 0.2) is 4.79 Å². The quantitative estimate of drug-likeness (QED) is 0.782. The Morgan fingerprint density at radius 1 is 1.60 bits per heavy atom. The highest BCUT2D eigenvalue weighted by Crippen LogP contribution is 2.21. The van der Waals surface area contributed by atoms with Crippen LogP contribution in [0.4, 0.5) is 0 Å². The molecule has 1 aromatic heterocycles. The first kappa shape index (κ1) is 15.9. The number of rotatable bonds is 4. The van der Waals surface area contributed by atoms with Crippen molar-refractivity contribution in [1.82, 2.24) is 14.9 Å². The van der Waals surface area contributed by atoms with Crippen LogP contribution >= 0.6 is 22.6 Å². The van der Waals surface area contributed by atoms with E-state index in [9.17, 15) is 4.79 Å². The lowest BCUT2D eigenvalue weighted by Crippen LogP contribution is -2.43. The highest BCUT2D eigenvalue weighted by molar-refractivity contribution is 14.1. The Morgan fingerprint density at radius 3 is 3.00 bits per heavy atom. The summed E-state index contributed by atoms with van der Waals surface area (Å²) in [6.07, 6.45) is -0.188. The maximum Gasteiger partial charge on any atom is 0.264 e. The number of hydrogen-bond donors (Lipinski definition) is 1. The lowest BCUT2D eigenvalue weighted by molar-refractivity contribution is -0.0446. The molecular formula is C13H20IN3O3. The van der Waals surface area contributed by atoms with Crippen LogP contribution in [0.25, 0.3) is 0 Å². The molecular weight excluding hydrogens is 373 g/mol. The Bertz CT molecular complexity index is 518. The van der Waals surface area contributed by atoms with Gasteiger partial charge in [-0.15, -0.1) is 0 Å². The van der Waals surface area contributed by atoms with Crippen LogP contribution in [0.5, 0.6) is 0 Å². The monoisotopic (exact) mass is 393 g/mol. The first-order valence-electron chi connectivity index (χ1n) is 6.66. The molecule has 1 aromatic rings. The van der Waals surface area contributed by atoms with Crippen molar-refractivity contribution >= 4 is 22.6 Å². The van der Waals surface area contributed by atoms with Crippen LogP contribution in [0.3, 0.4) is 0 Å². The van der Waals surface area contributed by atoms with Gasteiger partial charge in [0, 0.05) is 26.2 Å². The highest BCUT2D eigenvalue weighted by atomic mass is 127. The van der Waals surface area contributed by atoms with E-state index in [0.29, 0.717) is 34.3 Å². The van der Waals surface area contributed by atoms with Gasteiger partial charge in [-0.3, -0.25) is 9.69 Å². The summed E-state index contributed by atoms with van der Waals surface area (Å²) in [6.45, 7) is 6.95. The van der Waals surface area contributed by atoms with Gasteiger partial charge in [-0.25, -0.2) is 4.98 Å². The van der Waals surface area contributed by atoms with E-state index in [-0.39, 0.29) is 11.7 Å². The molecule has 0 aliphatic carbocycles. The lowest BCUT2D eigenvalue weighted by Gasteiger charge is -2.35. The molecule has 1 fully saturated rings. The molecule has 1 aliphatic heterocycles. The summed E-state index contributed by atoms with van der Waals surface area (Å²) >= 11 is 1.99. The standard InChI is InChI=1S/C13H20IN3O3/c1-8(2)17-4-5-20-10(6-17)12-15-9(7-19-3)11(14)13(18)16-12/h8,10H,4-7H2,1-3H3,(H,15,16,18). The van der Waals surface area contributed by atoms with Crippen molar-refractivity contribution in [2.24, 2.45) is 0 Å². The number of hydrogen-bond acceptors (Lipinski definition) is 5. The normalized spacial score (nSPS) is 20.6. The van der Waals surface area contributed by atoms with E-state index in [1.165, 1.54) is 0 Å². The van der Waals surface area contributed by atoms with Gasteiger partial charge in [-0.05, 0) is 36.4 Å². The molecule has 1 atom stereocenters. The van der Waals surface area contributed by atoms with Gasteiger partial charge in [0.05, 0.1) is 18.9 Å². The molecule has 1 unspecified atom stereocenters. The largest absolute Gasteiger partial charge is 0.378 e. The van der Waals surface area contributed by atoms with Crippen LogP contribution in [0, 0.1) is 3.57 Å². The number of halogens is 1. The molecule has 2 rings (SSSR count). The molecule has 0 amide bonds. The molecule has 1 aliphatic rings. The van der Waals surface area contributed by atoms with E-state index in [4.69, 9.17) is 9.47 Å². The van der Waals surface area contributed by atoms with Crippen molar-refractivity contribution in [2.45, 2.75) is 32.6 Å². The van der Waals surface area contributed by atoms with Gasteiger partial charge >= 0.3 is 0 Å². The van der Waals surface area contributed by atoms with E-state index < -0.39 is 0 Å². The molecule has 0 saturated carbocycles. The highest BCUT2D eigenvalue weighted by Gasteiger charge is 2.26. The van der Waals surface area contributed by atoms with Crippen molar-refractivity contribution in [3.8, 4) is 0 Å². The van der Waals surface area contributed by atoms with Crippen LogP contribution in [0.1, 0.15) is 31.5 Å². The minimum Gasteiger partial charge on any atom is -0.378 e. The molecule has 0 bridgehead atoms. The van der Waals surface area contributed by atoms with Crippen molar-refractivity contribution in [2.75, 3.05) is 26.8 Å². The van der Waals surface area contributed by atoms with E-state index >= 15 is 0 Å². The summed E-state index contributed by atoms with van der Waals surface area (Å²) in [5.74, 6) is 0.591. The fourth-order valence-corrected chi connectivity index (χ4v) is 2.62. The lowest BCUT2D eigenvalue weighted by atomic mass is 10.2. The third-order valence-corrected chi connectivity index (χ3v) is 4.48. The van der Waals surface area contributed by atoms with Gasteiger partial charge in [0.25, 0.3) is 5.56 Å². The molecule has 0 spiro atoms. The molecule has 0 aromatic carbocycles. The van der Waals surface area contributed by atoms with Crippen molar-refractivity contribution in [3.63, 3.8) is 0 Å². The first-order chi connectivity index (χ1) is 9.52. The summed E-state index contributed by atoms with van der Waals surface area (Å²) in [5, 5.41) is 0. The summed E-state index contributed by atoms with van der Waals surface area (Å²) < 4.78 is 11.4. The number of aromatic nitrogens is 2. The van der Waals surface area contributed by atoms with E-state index in [2.05, 4.69) is 28.7 Å². The molecule has 2 heterocycles. The Kier molecular flexibility index (Phi) is 5.53. The third-order valence-electron chi connectivity index (χ3n) is 3.36. The minimum absolute atomic E-state index is 0.132. The zero-order chi connectivity index (χ0) is 14.7. The number of ether oxygens (including phenoxy) is 2. The van der Waals surface area contributed by atoms with Crippen LogP contribution < -0.4 is 5.56 Å². The molecule has 1 N–H and O–H groups in total. The second kappa shape index (κ2) is 6.97. The summed E-state index contributed by atoms with van der Waals surface area (Å²) in [7, 11) is 1.59. The van der Waals surface area contributed by atoms with E-state index in [1.54, 1.807) is 7.11 Å². The topological polar surface area (TPSA) is 67.5 Å². The van der Waals surface area contributed by atoms with Gasteiger partial charge < -0.3 is 14.5 Å². The zero-order valence-corrected chi connectivity index (χ0v) is 14.1. The summed E-state index contributed by atoms with van der Waals surface area (Å²) in [4.78, 5) is 21.6. The van der Waals surface area contributed by atoms with Gasteiger partial charge in [0.2, 0.25) is 0 Å². The summed E-state index contributed by atoms with van der Waals surface area (Å²) in [6, 6.07) is 0.454. The fraction of sp³-hybridized carbons (Fsp3) is 0.692. The van der Waals surface area contributed by atoms with Gasteiger partial charge in [0.15, 0.2) is 0 Å².